The molecule has 0 bridgehead atoms. The highest BCUT2D eigenvalue weighted by Crippen LogP contribution is 2.51. The largest absolute Gasteiger partial charge is 0.303 e. The van der Waals surface area contributed by atoms with Gasteiger partial charge >= 0.3 is 0 Å². The molecular weight excluding hydrogens is 330 g/mol. The number of rotatable bonds is 7. The van der Waals surface area contributed by atoms with Gasteiger partial charge in [-0.3, -0.25) is 4.90 Å². The molecule has 4 fully saturated rings. The van der Waals surface area contributed by atoms with Crippen LogP contribution in [0.2, 0.25) is 0 Å². The van der Waals surface area contributed by atoms with Gasteiger partial charge in [-0.2, -0.15) is 0 Å². The molecule has 3 saturated heterocycles. The van der Waals surface area contributed by atoms with E-state index in [2.05, 4.69) is 42.4 Å². The molecule has 0 aromatic heterocycles. The normalized spacial score (nSPS) is 30.6. The summed E-state index contributed by atoms with van der Waals surface area (Å²) < 4.78 is 0. The third kappa shape index (κ3) is 4.56. The second-order valence-electron chi connectivity index (χ2n) is 11.3. The third-order valence-corrected chi connectivity index (χ3v) is 8.58. The van der Waals surface area contributed by atoms with Crippen molar-refractivity contribution in [2.45, 2.75) is 91.1 Å². The monoisotopic (exact) mass is 375 g/mol. The summed E-state index contributed by atoms with van der Waals surface area (Å²) in [4.78, 5) is 8.40. The zero-order valence-corrected chi connectivity index (χ0v) is 18.7. The summed E-state index contributed by atoms with van der Waals surface area (Å²) in [5, 5.41) is 0. The molecule has 0 amide bonds. The highest BCUT2D eigenvalue weighted by atomic mass is 15.3. The minimum atomic E-state index is 0.691. The molecule has 4 rings (SSSR count). The van der Waals surface area contributed by atoms with E-state index < -0.39 is 0 Å². The number of piperidine rings is 2. The van der Waals surface area contributed by atoms with Gasteiger partial charge in [-0.1, -0.05) is 20.8 Å². The average Bonchev–Trinajstić information content (AvgIpc) is 3.38. The van der Waals surface area contributed by atoms with Crippen LogP contribution in [-0.4, -0.2) is 72.6 Å². The molecule has 3 aliphatic heterocycles. The molecule has 3 heterocycles. The molecule has 156 valence electrons. The van der Waals surface area contributed by atoms with Crippen LogP contribution in [0.15, 0.2) is 0 Å². The van der Waals surface area contributed by atoms with Crippen molar-refractivity contribution in [1.29, 1.82) is 0 Å². The predicted molar refractivity (Wildman–Crippen MR) is 115 cm³/mol. The highest BCUT2D eigenvalue weighted by molar-refractivity contribution is 5.02. The minimum absolute atomic E-state index is 0.691. The van der Waals surface area contributed by atoms with Gasteiger partial charge in [0.05, 0.1) is 0 Å². The van der Waals surface area contributed by atoms with Crippen molar-refractivity contribution in [1.82, 2.24) is 14.7 Å². The van der Waals surface area contributed by atoms with Crippen LogP contribution in [0.3, 0.4) is 0 Å². The Morgan fingerprint density at radius 3 is 2.04 bits per heavy atom. The Bertz CT molecular complexity index is 474. The fourth-order valence-corrected chi connectivity index (χ4v) is 6.47. The minimum Gasteiger partial charge on any atom is -0.303 e. The van der Waals surface area contributed by atoms with Crippen molar-refractivity contribution in [2.24, 2.45) is 16.7 Å². The summed E-state index contributed by atoms with van der Waals surface area (Å²) in [6.07, 6.45) is 11.5. The van der Waals surface area contributed by atoms with Crippen LogP contribution in [0, 0.1) is 16.7 Å². The average molecular weight is 376 g/mol. The SMILES string of the molecule is CCC(C)N1CCC2(CC1)CN(C1CCN(CC3(CC(C)C)CC3)CC1)C2. The Morgan fingerprint density at radius 1 is 0.889 bits per heavy atom. The topological polar surface area (TPSA) is 9.72 Å². The van der Waals surface area contributed by atoms with Crippen LogP contribution in [0.5, 0.6) is 0 Å². The first-order chi connectivity index (χ1) is 12.9. The molecule has 1 unspecified atom stereocenters. The Labute approximate surface area is 168 Å². The van der Waals surface area contributed by atoms with Crippen molar-refractivity contribution in [3.05, 3.63) is 0 Å². The molecule has 3 heteroatoms. The molecule has 1 atom stereocenters. The summed E-state index contributed by atoms with van der Waals surface area (Å²) in [5.74, 6) is 0.869. The molecule has 1 spiro atoms. The smallest absolute Gasteiger partial charge is 0.0120 e. The van der Waals surface area contributed by atoms with E-state index in [0.29, 0.717) is 10.8 Å². The number of hydrogen-bond donors (Lipinski definition) is 0. The molecule has 4 aliphatic rings. The molecular formula is C24H45N3. The van der Waals surface area contributed by atoms with Gasteiger partial charge in [0.2, 0.25) is 0 Å². The van der Waals surface area contributed by atoms with E-state index in [0.717, 1.165) is 18.0 Å². The zero-order chi connectivity index (χ0) is 19.1. The predicted octanol–water partition coefficient (Wildman–Crippen LogP) is 4.47. The second kappa shape index (κ2) is 7.95. The van der Waals surface area contributed by atoms with Crippen molar-refractivity contribution < 1.29 is 0 Å². The molecule has 0 N–H and O–H groups in total. The van der Waals surface area contributed by atoms with Crippen LogP contribution in [-0.2, 0) is 0 Å². The van der Waals surface area contributed by atoms with Crippen LogP contribution < -0.4 is 0 Å². The summed E-state index contributed by atoms with van der Waals surface area (Å²) in [6.45, 7) is 19.2. The van der Waals surface area contributed by atoms with Gasteiger partial charge in [-0.15, -0.1) is 0 Å². The summed E-state index contributed by atoms with van der Waals surface area (Å²) >= 11 is 0. The lowest BCUT2D eigenvalue weighted by Crippen LogP contribution is -2.64. The quantitative estimate of drug-likeness (QED) is 0.650. The molecule has 0 aromatic carbocycles. The van der Waals surface area contributed by atoms with Crippen LogP contribution in [0.1, 0.15) is 79.1 Å². The first-order valence-corrected chi connectivity index (χ1v) is 12.1. The fourth-order valence-electron chi connectivity index (χ4n) is 6.47. The van der Waals surface area contributed by atoms with Crippen molar-refractivity contribution in [3.8, 4) is 0 Å². The van der Waals surface area contributed by atoms with Gasteiger partial charge in [-0.05, 0) is 101 Å². The van der Waals surface area contributed by atoms with Gasteiger partial charge in [0.25, 0.3) is 0 Å². The number of likely N-dealkylation sites (tertiary alicyclic amines) is 3. The van der Waals surface area contributed by atoms with E-state index in [4.69, 9.17) is 0 Å². The molecule has 3 nitrogen and oxygen atoms in total. The van der Waals surface area contributed by atoms with E-state index in [1.54, 1.807) is 0 Å². The Morgan fingerprint density at radius 2 is 1.52 bits per heavy atom. The van der Waals surface area contributed by atoms with E-state index in [1.165, 1.54) is 97.2 Å². The molecule has 0 aromatic rings. The van der Waals surface area contributed by atoms with Crippen molar-refractivity contribution in [3.63, 3.8) is 0 Å². The van der Waals surface area contributed by atoms with Crippen LogP contribution >= 0.6 is 0 Å². The molecule has 1 aliphatic carbocycles. The Balaban J connectivity index is 1.17. The van der Waals surface area contributed by atoms with Gasteiger partial charge in [0.15, 0.2) is 0 Å². The maximum absolute atomic E-state index is 2.86. The van der Waals surface area contributed by atoms with Crippen molar-refractivity contribution >= 4 is 0 Å². The summed E-state index contributed by atoms with van der Waals surface area (Å²) in [6, 6.07) is 1.67. The maximum Gasteiger partial charge on any atom is 0.0120 e. The first-order valence-electron chi connectivity index (χ1n) is 12.1. The Hall–Kier alpha value is -0.120. The van der Waals surface area contributed by atoms with Gasteiger partial charge < -0.3 is 9.80 Å². The van der Waals surface area contributed by atoms with Crippen LogP contribution in [0.25, 0.3) is 0 Å². The van der Waals surface area contributed by atoms with Gasteiger partial charge in [0.1, 0.15) is 0 Å². The molecule has 0 radical (unpaired) electrons. The van der Waals surface area contributed by atoms with Crippen molar-refractivity contribution in [2.75, 3.05) is 45.8 Å². The lowest BCUT2D eigenvalue weighted by Gasteiger charge is -2.58. The fraction of sp³-hybridized carbons (Fsp3) is 1.00. The first kappa shape index (κ1) is 20.2. The lowest BCUT2D eigenvalue weighted by atomic mass is 9.70. The third-order valence-electron chi connectivity index (χ3n) is 8.58. The molecule has 1 saturated carbocycles. The zero-order valence-electron chi connectivity index (χ0n) is 18.7. The standard InChI is InChI=1S/C24H45N3/c1-5-21(4)26-14-10-24(11-15-26)18-27(19-24)22-6-12-25(13-7-22)17-23(8-9-23)16-20(2)3/h20-22H,5-19H2,1-4H3. The number of nitrogens with zero attached hydrogens (tertiary/aromatic N) is 3. The van der Waals surface area contributed by atoms with E-state index >= 15 is 0 Å². The molecule has 27 heavy (non-hydrogen) atoms. The van der Waals surface area contributed by atoms with E-state index in [9.17, 15) is 0 Å². The summed E-state index contributed by atoms with van der Waals surface area (Å²) in [7, 11) is 0. The van der Waals surface area contributed by atoms with E-state index in [1.807, 2.05) is 0 Å². The second-order valence-corrected chi connectivity index (χ2v) is 11.3. The van der Waals surface area contributed by atoms with E-state index in [-0.39, 0.29) is 0 Å². The van der Waals surface area contributed by atoms with Crippen LogP contribution in [0.4, 0.5) is 0 Å². The van der Waals surface area contributed by atoms with Gasteiger partial charge in [-0.25, -0.2) is 0 Å². The van der Waals surface area contributed by atoms with Gasteiger partial charge in [0, 0.05) is 31.7 Å². The lowest BCUT2D eigenvalue weighted by molar-refractivity contribution is -0.0847. The maximum atomic E-state index is 2.86. The Kier molecular flexibility index (Phi) is 5.94. The number of hydrogen-bond acceptors (Lipinski definition) is 3. The summed E-state index contributed by atoms with van der Waals surface area (Å²) in [5.41, 5.74) is 1.40. The highest BCUT2D eigenvalue weighted by Gasteiger charge is 2.48.